The molecular weight excluding hydrogens is 174 g/mol. The van der Waals surface area contributed by atoms with Crippen molar-refractivity contribution < 1.29 is 19.7 Å². The first-order valence-corrected chi connectivity index (χ1v) is 4.37. The first-order valence-electron chi connectivity index (χ1n) is 4.37. The Kier molecular flexibility index (Phi) is 4.08. The number of hydrogen-bond donors (Lipinski definition) is 3. The van der Waals surface area contributed by atoms with Crippen LogP contribution in [0, 0.1) is 0 Å². The Bertz CT molecular complexity index is 155. The lowest BCUT2D eigenvalue weighted by atomic mass is 10.0. The zero-order valence-electron chi connectivity index (χ0n) is 7.93. The maximum Gasteiger partial charge on any atom is 0.172 e. The molecule has 0 aromatic rings. The van der Waals surface area contributed by atoms with Gasteiger partial charge in [0.2, 0.25) is 0 Å². The van der Waals surface area contributed by atoms with E-state index >= 15 is 0 Å². The number of likely N-dealkylation sites (N-methyl/N-ethyl adjacent to an activating group) is 1. The van der Waals surface area contributed by atoms with Crippen molar-refractivity contribution in [2.75, 3.05) is 20.8 Å². The molecule has 1 aliphatic rings. The molecule has 0 aliphatic carbocycles. The molecule has 5 nitrogen and oxygen atoms in total. The average molecular weight is 191 g/mol. The second kappa shape index (κ2) is 4.88. The van der Waals surface area contributed by atoms with E-state index in [-0.39, 0.29) is 24.9 Å². The number of hydrogen-bond acceptors (Lipinski definition) is 5. The van der Waals surface area contributed by atoms with Gasteiger partial charge < -0.3 is 25.0 Å². The normalized spacial score (nSPS) is 40.6. The summed E-state index contributed by atoms with van der Waals surface area (Å²) in [4.78, 5) is 0. The number of ether oxygens (including phenoxy) is 2. The van der Waals surface area contributed by atoms with E-state index in [1.807, 2.05) is 0 Å². The van der Waals surface area contributed by atoms with Gasteiger partial charge in [0.1, 0.15) is 0 Å². The van der Waals surface area contributed by atoms with E-state index in [4.69, 9.17) is 14.6 Å². The van der Waals surface area contributed by atoms with Gasteiger partial charge in [0.25, 0.3) is 0 Å². The van der Waals surface area contributed by atoms with Gasteiger partial charge >= 0.3 is 0 Å². The number of rotatable bonds is 3. The highest BCUT2D eigenvalue weighted by Crippen LogP contribution is 2.20. The maximum atomic E-state index is 9.50. The molecule has 0 spiro atoms. The van der Waals surface area contributed by atoms with E-state index in [1.165, 1.54) is 0 Å². The third kappa shape index (κ3) is 2.38. The lowest BCUT2D eigenvalue weighted by Gasteiger charge is -2.38. The second-order valence-corrected chi connectivity index (χ2v) is 3.16. The summed E-state index contributed by atoms with van der Waals surface area (Å²) in [6, 6.07) is -0.229. The van der Waals surface area contributed by atoms with E-state index in [2.05, 4.69) is 5.32 Å². The van der Waals surface area contributed by atoms with Gasteiger partial charge in [-0.05, 0) is 7.05 Å². The van der Waals surface area contributed by atoms with E-state index in [1.54, 1.807) is 14.2 Å². The Balaban J connectivity index is 2.57. The molecule has 0 bridgehead atoms. The number of methoxy groups -OCH3 is 1. The van der Waals surface area contributed by atoms with Crippen LogP contribution >= 0.6 is 0 Å². The first kappa shape index (κ1) is 10.9. The SMILES string of the molecule is CNC1C(O)OC(CO)CC1OC. The fraction of sp³-hybridized carbons (Fsp3) is 1.00. The Morgan fingerprint density at radius 1 is 1.62 bits per heavy atom. The predicted octanol–water partition coefficient (Wildman–Crippen LogP) is -1.31. The number of aliphatic hydroxyl groups excluding tert-OH is 2. The van der Waals surface area contributed by atoms with Crippen molar-refractivity contribution in [2.24, 2.45) is 0 Å². The Labute approximate surface area is 77.7 Å². The van der Waals surface area contributed by atoms with Crippen LogP contribution in [0.25, 0.3) is 0 Å². The molecule has 4 unspecified atom stereocenters. The van der Waals surface area contributed by atoms with Gasteiger partial charge in [0.15, 0.2) is 6.29 Å². The van der Waals surface area contributed by atoms with Gasteiger partial charge in [-0.3, -0.25) is 0 Å². The van der Waals surface area contributed by atoms with Gasteiger partial charge in [-0.25, -0.2) is 0 Å². The van der Waals surface area contributed by atoms with Crippen molar-refractivity contribution in [3.05, 3.63) is 0 Å². The Morgan fingerprint density at radius 3 is 2.77 bits per heavy atom. The number of nitrogens with one attached hydrogen (secondary N) is 1. The monoisotopic (exact) mass is 191 g/mol. The molecule has 0 radical (unpaired) electrons. The predicted molar refractivity (Wildman–Crippen MR) is 46.2 cm³/mol. The molecule has 0 aromatic heterocycles. The fourth-order valence-corrected chi connectivity index (χ4v) is 1.62. The smallest absolute Gasteiger partial charge is 0.172 e. The summed E-state index contributed by atoms with van der Waals surface area (Å²) >= 11 is 0. The van der Waals surface area contributed by atoms with Crippen LogP contribution in [0.15, 0.2) is 0 Å². The third-order valence-corrected chi connectivity index (χ3v) is 2.37. The molecule has 0 saturated carbocycles. The zero-order valence-corrected chi connectivity index (χ0v) is 7.93. The Hall–Kier alpha value is -0.200. The van der Waals surface area contributed by atoms with Gasteiger partial charge in [0.05, 0.1) is 24.9 Å². The van der Waals surface area contributed by atoms with Gasteiger partial charge in [0, 0.05) is 13.5 Å². The van der Waals surface area contributed by atoms with Crippen molar-refractivity contribution in [1.82, 2.24) is 5.32 Å². The first-order chi connectivity index (χ1) is 6.22. The van der Waals surface area contributed by atoms with Crippen molar-refractivity contribution in [3.63, 3.8) is 0 Å². The molecule has 0 aromatic carbocycles. The van der Waals surface area contributed by atoms with Crippen LogP contribution in [-0.2, 0) is 9.47 Å². The highest BCUT2D eigenvalue weighted by Gasteiger charge is 2.36. The molecule has 1 aliphatic heterocycles. The topological polar surface area (TPSA) is 71.0 Å². The molecule has 5 heteroatoms. The summed E-state index contributed by atoms with van der Waals surface area (Å²) in [5.74, 6) is 0. The van der Waals surface area contributed by atoms with E-state index < -0.39 is 6.29 Å². The van der Waals surface area contributed by atoms with Crippen LogP contribution in [0.3, 0.4) is 0 Å². The molecule has 78 valence electrons. The molecule has 4 atom stereocenters. The molecule has 0 amide bonds. The summed E-state index contributed by atoms with van der Waals surface area (Å²) in [6.45, 7) is -0.0899. The standard InChI is InChI=1S/C8H17NO4/c1-9-7-6(12-2)3-5(4-10)13-8(7)11/h5-11H,3-4H2,1-2H3. The molecule has 13 heavy (non-hydrogen) atoms. The zero-order chi connectivity index (χ0) is 9.84. The van der Waals surface area contributed by atoms with Crippen LogP contribution in [0.5, 0.6) is 0 Å². The highest BCUT2D eigenvalue weighted by atomic mass is 16.6. The van der Waals surface area contributed by atoms with Crippen molar-refractivity contribution in [3.8, 4) is 0 Å². The minimum Gasteiger partial charge on any atom is -0.394 e. The summed E-state index contributed by atoms with van der Waals surface area (Å²) in [5.41, 5.74) is 0. The van der Waals surface area contributed by atoms with Gasteiger partial charge in [-0.2, -0.15) is 0 Å². The average Bonchev–Trinajstić information content (AvgIpc) is 2.16. The summed E-state index contributed by atoms with van der Waals surface area (Å²) in [7, 11) is 3.32. The van der Waals surface area contributed by atoms with Crippen molar-refractivity contribution >= 4 is 0 Å². The van der Waals surface area contributed by atoms with E-state index in [0.29, 0.717) is 6.42 Å². The summed E-state index contributed by atoms with van der Waals surface area (Å²) in [5, 5.41) is 21.3. The number of aliphatic hydroxyl groups is 2. The van der Waals surface area contributed by atoms with Crippen LogP contribution < -0.4 is 5.32 Å². The molecule has 1 fully saturated rings. The molecule has 1 rings (SSSR count). The quantitative estimate of drug-likeness (QED) is 0.516. The summed E-state index contributed by atoms with van der Waals surface area (Å²) < 4.78 is 10.3. The molecular formula is C8H17NO4. The molecule has 1 heterocycles. The maximum absolute atomic E-state index is 9.50. The second-order valence-electron chi connectivity index (χ2n) is 3.16. The van der Waals surface area contributed by atoms with Gasteiger partial charge in [-0.15, -0.1) is 0 Å². The highest BCUT2D eigenvalue weighted by molar-refractivity contribution is 4.85. The van der Waals surface area contributed by atoms with Crippen LogP contribution in [-0.4, -0.2) is 55.5 Å². The third-order valence-electron chi connectivity index (χ3n) is 2.37. The minimum atomic E-state index is -0.916. The van der Waals surface area contributed by atoms with Crippen LogP contribution in [0.2, 0.25) is 0 Å². The summed E-state index contributed by atoms with van der Waals surface area (Å²) in [6.07, 6.45) is -0.772. The Morgan fingerprint density at radius 2 is 2.31 bits per heavy atom. The van der Waals surface area contributed by atoms with Crippen molar-refractivity contribution in [2.45, 2.75) is 31.0 Å². The van der Waals surface area contributed by atoms with E-state index in [9.17, 15) is 5.11 Å². The molecule has 3 N–H and O–H groups in total. The largest absolute Gasteiger partial charge is 0.394 e. The van der Waals surface area contributed by atoms with E-state index in [0.717, 1.165) is 0 Å². The lowest BCUT2D eigenvalue weighted by molar-refractivity contribution is -0.217. The van der Waals surface area contributed by atoms with Gasteiger partial charge in [-0.1, -0.05) is 0 Å². The minimum absolute atomic E-state index is 0.0899. The van der Waals surface area contributed by atoms with Crippen molar-refractivity contribution in [1.29, 1.82) is 0 Å². The van der Waals surface area contributed by atoms with Crippen LogP contribution in [0.1, 0.15) is 6.42 Å². The molecule has 1 saturated heterocycles. The van der Waals surface area contributed by atoms with Crippen LogP contribution in [0.4, 0.5) is 0 Å². The lowest BCUT2D eigenvalue weighted by Crippen LogP contribution is -2.55. The fourth-order valence-electron chi connectivity index (χ4n) is 1.62.